The van der Waals surface area contributed by atoms with Crippen molar-refractivity contribution in [1.29, 1.82) is 0 Å². The summed E-state index contributed by atoms with van der Waals surface area (Å²) in [6, 6.07) is 5.55. The Morgan fingerprint density at radius 1 is 1.19 bits per heavy atom. The molecule has 0 bridgehead atoms. The molecule has 0 aliphatic rings. The summed E-state index contributed by atoms with van der Waals surface area (Å²) in [5.74, 6) is 1.49. The smallest absolute Gasteiger partial charge is 0.124 e. The number of hydrogen-bond donors (Lipinski definition) is 1. The summed E-state index contributed by atoms with van der Waals surface area (Å²) >= 11 is 0. The zero-order chi connectivity index (χ0) is 12.2. The molecule has 0 spiro atoms. The van der Waals surface area contributed by atoms with E-state index < -0.39 is 5.54 Å². The molecule has 0 aliphatic heterocycles. The molecule has 0 amide bonds. The van der Waals surface area contributed by atoms with Crippen LogP contribution in [0.15, 0.2) is 18.2 Å². The first-order valence-corrected chi connectivity index (χ1v) is 5.05. The molecule has 1 rings (SSSR count). The zero-order valence-corrected chi connectivity index (χ0v) is 10.2. The minimum absolute atomic E-state index is 0.413. The predicted octanol–water partition coefficient (Wildman–Crippen LogP) is 1.52. The van der Waals surface area contributed by atoms with Crippen molar-refractivity contribution in [3.8, 4) is 11.5 Å². The van der Waals surface area contributed by atoms with E-state index >= 15 is 0 Å². The average molecular weight is 225 g/mol. The van der Waals surface area contributed by atoms with E-state index in [0.29, 0.717) is 6.61 Å². The molecule has 1 unspecified atom stereocenters. The standard InChI is InChI=1S/C12H19NO3/c1-12(13,8-14-2)10-7-9(15-3)5-6-11(10)16-4/h5-7H,8,13H2,1-4H3. The fourth-order valence-corrected chi connectivity index (χ4v) is 1.64. The maximum absolute atomic E-state index is 6.19. The Labute approximate surface area is 96.3 Å². The van der Waals surface area contributed by atoms with Crippen molar-refractivity contribution in [2.24, 2.45) is 5.73 Å². The molecule has 0 saturated heterocycles. The third-order valence-electron chi connectivity index (χ3n) is 2.47. The minimum atomic E-state index is -0.603. The highest BCUT2D eigenvalue weighted by molar-refractivity contribution is 5.44. The molecule has 0 aromatic heterocycles. The summed E-state index contributed by atoms with van der Waals surface area (Å²) < 4.78 is 15.6. The summed E-state index contributed by atoms with van der Waals surface area (Å²) in [5.41, 5.74) is 6.46. The van der Waals surface area contributed by atoms with Gasteiger partial charge in [0, 0.05) is 12.7 Å². The molecule has 1 aromatic carbocycles. The van der Waals surface area contributed by atoms with Crippen LogP contribution in [0, 0.1) is 0 Å². The highest BCUT2D eigenvalue weighted by Crippen LogP contribution is 2.31. The first-order chi connectivity index (χ1) is 7.55. The van der Waals surface area contributed by atoms with Crippen molar-refractivity contribution < 1.29 is 14.2 Å². The Balaban J connectivity index is 3.17. The molecular formula is C12H19NO3. The fraction of sp³-hybridized carbons (Fsp3) is 0.500. The van der Waals surface area contributed by atoms with Crippen LogP contribution in [0.5, 0.6) is 11.5 Å². The predicted molar refractivity (Wildman–Crippen MR) is 63.0 cm³/mol. The van der Waals surface area contributed by atoms with E-state index in [-0.39, 0.29) is 0 Å². The SMILES string of the molecule is COCC(C)(N)c1cc(OC)ccc1OC. The van der Waals surface area contributed by atoms with Crippen LogP contribution in [0.1, 0.15) is 12.5 Å². The van der Waals surface area contributed by atoms with E-state index in [9.17, 15) is 0 Å². The van der Waals surface area contributed by atoms with Crippen molar-refractivity contribution in [2.45, 2.75) is 12.5 Å². The molecule has 0 radical (unpaired) electrons. The summed E-state index contributed by atoms with van der Waals surface area (Å²) in [5, 5.41) is 0. The van der Waals surface area contributed by atoms with Gasteiger partial charge in [0.25, 0.3) is 0 Å². The van der Waals surface area contributed by atoms with Crippen LogP contribution in [-0.2, 0) is 10.3 Å². The van der Waals surface area contributed by atoms with E-state index in [1.54, 1.807) is 21.3 Å². The quantitative estimate of drug-likeness (QED) is 0.825. The van der Waals surface area contributed by atoms with Gasteiger partial charge in [0.15, 0.2) is 0 Å². The lowest BCUT2D eigenvalue weighted by molar-refractivity contribution is 0.139. The molecule has 0 saturated carbocycles. The van der Waals surface area contributed by atoms with Crippen LogP contribution in [0.3, 0.4) is 0 Å². The lowest BCUT2D eigenvalue weighted by atomic mass is 9.93. The number of benzene rings is 1. The van der Waals surface area contributed by atoms with Gasteiger partial charge in [-0.1, -0.05) is 0 Å². The third-order valence-corrected chi connectivity index (χ3v) is 2.47. The third kappa shape index (κ3) is 2.65. The normalized spacial score (nSPS) is 14.3. The second-order valence-electron chi connectivity index (χ2n) is 3.92. The second-order valence-corrected chi connectivity index (χ2v) is 3.92. The molecule has 16 heavy (non-hydrogen) atoms. The van der Waals surface area contributed by atoms with Gasteiger partial charge in [0.2, 0.25) is 0 Å². The molecule has 0 fully saturated rings. The number of hydrogen-bond acceptors (Lipinski definition) is 4. The molecule has 0 heterocycles. The Hall–Kier alpha value is -1.26. The first-order valence-electron chi connectivity index (χ1n) is 5.05. The van der Waals surface area contributed by atoms with Crippen LogP contribution in [0.4, 0.5) is 0 Å². The van der Waals surface area contributed by atoms with Crippen LogP contribution in [0.2, 0.25) is 0 Å². The minimum Gasteiger partial charge on any atom is -0.497 e. The highest BCUT2D eigenvalue weighted by atomic mass is 16.5. The molecular weight excluding hydrogens is 206 g/mol. The lowest BCUT2D eigenvalue weighted by Gasteiger charge is -2.26. The average Bonchev–Trinajstić information content (AvgIpc) is 2.28. The van der Waals surface area contributed by atoms with Gasteiger partial charge in [-0.05, 0) is 25.1 Å². The highest BCUT2D eigenvalue weighted by Gasteiger charge is 2.25. The van der Waals surface area contributed by atoms with Gasteiger partial charge in [0.05, 0.1) is 26.4 Å². The Kier molecular flexibility index (Phi) is 4.15. The van der Waals surface area contributed by atoms with Crippen molar-refractivity contribution >= 4 is 0 Å². The number of methoxy groups -OCH3 is 3. The number of rotatable bonds is 5. The van der Waals surface area contributed by atoms with Crippen molar-refractivity contribution in [3.05, 3.63) is 23.8 Å². The molecule has 90 valence electrons. The topological polar surface area (TPSA) is 53.7 Å². The summed E-state index contributed by atoms with van der Waals surface area (Å²) in [6.45, 7) is 2.31. The Morgan fingerprint density at radius 3 is 2.38 bits per heavy atom. The van der Waals surface area contributed by atoms with E-state index in [0.717, 1.165) is 17.1 Å². The van der Waals surface area contributed by atoms with Gasteiger partial charge in [-0.15, -0.1) is 0 Å². The monoisotopic (exact) mass is 225 g/mol. The van der Waals surface area contributed by atoms with Gasteiger partial charge in [-0.3, -0.25) is 0 Å². The van der Waals surface area contributed by atoms with Crippen molar-refractivity contribution in [3.63, 3.8) is 0 Å². The van der Waals surface area contributed by atoms with Gasteiger partial charge < -0.3 is 19.9 Å². The zero-order valence-electron chi connectivity index (χ0n) is 10.2. The second kappa shape index (κ2) is 5.18. The largest absolute Gasteiger partial charge is 0.497 e. The molecule has 0 aliphatic carbocycles. The molecule has 4 nitrogen and oxygen atoms in total. The Morgan fingerprint density at radius 2 is 1.88 bits per heavy atom. The maximum Gasteiger partial charge on any atom is 0.124 e. The van der Waals surface area contributed by atoms with Crippen LogP contribution in [0.25, 0.3) is 0 Å². The molecule has 4 heteroatoms. The van der Waals surface area contributed by atoms with E-state index in [4.69, 9.17) is 19.9 Å². The molecule has 2 N–H and O–H groups in total. The van der Waals surface area contributed by atoms with Gasteiger partial charge in [-0.2, -0.15) is 0 Å². The van der Waals surface area contributed by atoms with Gasteiger partial charge in [0.1, 0.15) is 11.5 Å². The van der Waals surface area contributed by atoms with Crippen molar-refractivity contribution in [2.75, 3.05) is 27.9 Å². The Bertz CT molecular complexity index is 350. The van der Waals surface area contributed by atoms with Crippen molar-refractivity contribution in [1.82, 2.24) is 0 Å². The van der Waals surface area contributed by atoms with Gasteiger partial charge in [-0.25, -0.2) is 0 Å². The van der Waals surface area contributed by atoms with E-state index in [2.05, 4.69) is 0 Å². The van der Waals surface area contributed by atoms with Crippen LogP contribution < -0.4 is 15.2 Å². The van der Waals surface area contributed by atoms with E-state index in [1.807, 2.05) is 25.1 Å². The summed E-state index contributed by atoms with van der Waals surface area (Å²) in [7, 11) is 4.86. The number of nitrogens with two attached hydrogens (primary N) is 1. The first kappa shape index (κ1) is 12.8. The molecule has 1 aromatic rings. The van der Waals surface area contributed by atoms with Crippen LogP contribution in [-0.4, -0.2) is 27.9 Å². The van der Waals surface area contributed by atoms with Crippen LogP contribution >= 0.6 is 0 Å². The summed E-state index contributed by atoms with van der Waals surface area (Å²) in [4.78, 5) is 0. The lowest BCUT2D eigenvalue weighted by Crippen LogP contribution is -2.38. The molecule has 1 atom stereocenters. The van der Waals surface area contributed by atoms with Gasteiger partial charge >= 0.3 is 0 Å². The summed E-state index contributed by atoms with van der Waals surface area (Å²) in [6.07, 6.45) is 0. The maximum atomic E-state index is 6.19. The number of ether oxygens (including phenoxy) is 3. The van der Waals surface area contributed by atoms with E-state index in [1.165, 1.54) is 0 Å². The fourth-order valence-electron chi connectivity index (χ4n) is 1.64.